The van der Waals surface area contributed by atoms with Crippen LogP contribution >= 0.6 is 0 Å². The molecule has 110 valence electrons. The molecule has 0 aromatic heterocycles. The highest BCUT2D eigenvalue weighted by Gasteiger charge is 2.21. The lowest BCUT2D eigenvalue weighted by molar-refractivity contribution is 0.315. The van der Waals surface area contributed by atoms with Gasteiger partial charge in [0, 0.05) is 0 Å². The van der Waals surface area contributed by atoms with E-state index in [2.05, 4.69) is 31.2 Å². The van der Waals surface area contributed by atoms with E-state index in [1.165, 1.54) is 31.2 Å². The van der Waals surface area contributed by atoms with Gasteiger partial charge in [-0.2, -0.15) is 0 Å². The zero-order chi connectivity index (χ0) is 14.2. The summed E-state index contributed by atoms with van der Waals surface area (Å²) in [6.45, 7) is 2.90. The first-order valence-electron chi connectivity index (χ1n) is 7.81. The summed E-state index contributed by atoms with van der Waals surface area (Å²) >= 11 is 0. The zero-order valence-electron chi connectivity index (χ0n) is 12.4. The summed E-state index contributed by atoms with van der Waals surface area (Å²) in [4.78, 5) is 0. The second-order valence-electron chi connectivity index (χ2n) is 5.73. The van der Waals surface area contributed by atoms with Crippen LogP contribution in [0, 0.1) is 5.92 Å². The van der Waals surface area contributed by atoms with Gasteiger partial charge in [-0.25, -0.2) is 4.39 Å². The number of hydrogen-bond donors (Lipinski definition) is 0. The standard InChI is InChI=1S/C18H25FO/c1-2-14-20-18-11-9-17(10-12-18)16-7-5-15(6-8-16)4-3-13-19/h3,9-13,15-16H,2,4-8,14H2,1H3/b13-3+. The third kappa shape index (κ3) is 4.36. The van der Waals surface area contributed by atoms with Crippen molar-refractivity contribution in [2.24, 2.45) is 5.92 Å². The third-order valence-electron chi connectivity index (χ3n) is 4.23. The molecule has 0 N–H and O–H groups in total. The molecule has 0 radical (unpaired) electrons. The summed E-state index contributed by atoms with van der Waals surface area (Å²) in [5, 5.41) is 0. The Morgan fingerprint density at radius 1 is 1.15 bits per heavy atom. The number of benzene rings is 1. The molecule has 1 aromatic rings. The molecule has 1 aromatic carbocycles. The molecule has 0 spiro atoms. The van der Waals surface area contributed by atoms with Gasteiger partial charge in [-0.15, -0.1) is 0 Å². The quantitative estimate of drug-likeness (QED) is 0.655. The van der Waals surface area contributed by atoms with E-state index in [1.807, 2.05) is 0 Å². The molecular weight excluding hydrogens is 251 g/mol. The average molecular weight is 276 g/mol. The summed E-state index contributed by atoms with van der Waals surface area (Å²) in [7, 11) is 0. The van der Waals surface area contributed by atoms with Gasteiger partial charge in [0.1, 0.15) is 5.75 Å². The number of halogens is 1. The molecular formula is C18H25FO. The van der Waals surface area contributed by atoms with Crippen LogP contribution in [0.5, 0.6) is 5.75 Å². The monoisotopic (exact) mass is 276 g/mol. The molecule has 0 saturated heterocycles. The van der Waals surface area contributed by atoms with Gasteiger partial charge in [0.25, 0.3) is 0 Å². The highest BCUT2D eigenvalue weighted by atomic mass is 19.1. The Kier molecular flexibility index (Phi) is 6.10. The summed E-state index contributed by atoms with van der Waals surface area (Å²) in [5.74, 6) is 2.31. The number of ether oxygens (including phenoxy) is 1. The zero-order valence-corrected chi connectivity index (χ0v) is 12.4. The largest absolute Gasteiger partial charge is 0.494 e. The Hall–Kier alpha value is -1.31. The molecule has 2 heteroatoms. The Balaban J connectivity index is 1.84. The van der Waals surface area contributed by atoms with Crippen LogP contribution in [0.3, 0.4) is 0 Å². The first-order chi connectivity index (χ1) is 9.83. The number of allylic oxidation sites excluding steroid dienone is 1. The molecule has 0 atom stereocenters. The Bertz CT molecular complexity index is 402. The molecule has 0 amide bonds. The maximum Gasteiger partial charge on any atom is 0.119 e. The Labute approximate surface area is 121 Å². The van der Waals surface area contributed by atoms with Crippen LogP contribution in [0.2, 0.25) is 0 Å². The summed E-state index contributed by atoms with van der Waals surface area (Å²) in [6.07, 6.45) is 9.14. The molecule has 1 aliphatic rings. The molecule has 0 heterocycles. The van der Waals surface area contributed by atoms with Crippen molar-refractivity contribution in [3.05, 3.63) is 42.2 Å². The maximum absolute atomic E-state index is 12.0. The molecule has 1 fully saturated rings. The highest BCUT2D eigenvalue weighted by Crippen LogP contribution is 2.37. The van der Waals surface area contributed by atoms with E-state index in [9.17, 15) is 4.39 Å². The van der Waals surface area contributed by atoms with E-state index in [0.29, 0.717) is 18.2 Å². The van der Waals surface area contributed by atoms with Gasteiger partial charge < -0.3 is 4.74 Å². The van der Waals surface area contributed by atoms with Crippen LogP contribution in [0.1, 0.15) is 56.9 Å². The van der Waals surface area contributed by atoms with Crippen molar-refractivity contribution >= 4 is 0 Å². The van der Waals surface area contributed by atoms with Crippen LogP contribution in [0.4, 0.5) is 4.39 Å². The van der Waals surface area contributed by atoms with E-state index in [0.717, 1.165) is 25.2 Å². The SMILES string of the molecule is CCCOc1ccc(C2CCC(C/C=C/F)CC2)cc1. The molecule has 1 nitrogen and oxygen atoms in total. The summed E-state index contributed by atoms with van der Waals surface area (Å²) in [6, 6.07) is 8.58. The Morgan fingerprint density at radius 3 is 2.45 bits per heavy atom. The van der Waals surface area contributed by atoms with Crippen LogP contribution < -0.4 is 4.74 Å². The molecule has 0 aliphatic heterocycles. The van der Waals surface area contributed by atoms with Gasteiger partial charge in [-0.05, 0) is 68.1 Å². The fourth-order valence-corrected chi connectivity index (χ4v) is 3.03. The number of rotatable bonds is 6. The van der Waals surface area contributed by atoms with Crippen LogP contribution in [-0.4, -0.2) is 6.61 Å². The van der Waals surface area contributed by atoms with Gasteiger partial charge in [0.05, 0.1) is 12.9 Å². The average Bonchev–Trinajstić information content (AvgIpc) is 2.52. The lowest BCUT2D eigenvalue weighted by Crippen LogP contribution is -2.12. The molecule has 2 rings (SSSR count). The van der Waals surface area contributed by atoms with Crippen molar-refractivity contribution in [3.8, 4) is 5.75 Å². The third-order valence-corrected chi connectivity index (χ3v) is 4.23. The normalized spacial score (nSPS) is 23.1. The van der Waals surface area contributed by atoms with Crippen molar-refractivity contribution in [3.63, 3.8) is 0 Å². The second kappa shape index (κ2) is 8.08. The summed E-state index contributed by atoms with van der Waals surface area (Å²) < 4.78 is 17.6. The molecule has 20 heavy (non-hydrogen) atoms. The van der Waals surface area contributed by atoms with Gasteiger partial charge in [0.2, 0.25) is 0 Å². The van der Waals surface area contributed by atoms with E-state index in [4.69, 9.17) is 4.74 Å². The highest BCUT2D eigenvalue weighted by molar-refractivity contribution is 5.29. The predicted molar refractivity (Wildman–Crippen MR) is 81.8 cm³/mol. The molecule has 0 unspecified atom stereocenters. The van der Waals surface area contributed by atoms with Crippen molar-refractivity contribution in [1.82, 2.24) is 0 Å². The van der Waals surface area contributed by atoms with Gasteiger partial charge in [0.15, 0.2) is 0 Å². The number of hydrogen-bond acceptors (Lipinski definition) is 1. The molecule has 0 bridgehead atoms. The smallest absolute Gasteiger partial charge is 0.119 e. The van der Waals surface area contributed by atoms with Crippen LogP contribution in [-0.2, 0) is 0 Å². The van der Waals surface area contributed by atoms with Crippen molar-refractivity contribution in [1.29, 1.82) is 0 Å². The van der Waals surface area contributed by atoms with Gasteiger partial charge >= 0.3 is 0 Å². The lowest BCUT2D eigenvalue weighted by Gasteiger charge is -2.28. The van der Waals surface area contributed by atoms with Gasteiger partial charge in [-0.1, -0.05) is 25.1 Å². The van der Waals surface area contributed by atoms with Crippen molar-refractivity contribution in [2.75, 3.05) is 6.61 Å². The van der Waals surface area contributed by atoms with E-state index >= 15 is 0 Å². The van der Waals surface area contributed by atoms with E-state index in [-0.39, 0.29) is 0 Å². The topological polar surface area (TPSA) is 9.23 Å². The Morgan fingerprint density at radius 2 is 1.85 bits per heavy atom. The fourth-order valence-electron chi connectivity index (χ4n) is 3.03. The fraction of sp³-hybridized carbons (Fsp3) is 0.556. The first-order valence-corrected chi connectivity index (χ1v) is 7.81. The van der Waals surface area contributed by atoms with E-state index in [1.54, 1.807) is 6.08 Å². The second-order valence-corrected chi connectivity index (χ2v) is 5.73. The van der Waals surface area contributed by atoms with E-state index < -0.39 is 0 Å². The van der Waals surface area contributed by atoms with Crippen molar-refractivity contribution in [2.45, 2.75) is 51.4 Å². The van der Waals surface area contributed by atoms with Gasteiger partial charge in [-0.3, -0.25) is 0 Å². The van der Waals surface area contributed by atoms with Crippen molar-refractivity contribution < 1.29 is 9.13 Å². The minimum Gasteiger partial charge on any atom is -0.494 e. The minimum absolute atomic E-state index is 0.667. The van der Waals surface area contributed by atoms with Crippen LogP contribution in [0.15, 0.2) is 36.7 Å². The van der Waals surface area contributed by atoms with Crippen LogP contribution in [0.25, 0.3) is 0 Å². The summed E-state index contributed by atoms with van der Waals surface area (Å²) in [5.41, 5.74) is 1.42. The first kappa shape index (κ1) is 15.1. The molecule has 1 aliphatic carbocycles. The minimum atomic E-state index is 0.667. The lowest BCUT2D eigenvalue weighted by atomic mass is 9.77. The predicted octanol–water partition coefficient (Wildman–Crippen LogP) is 5.62. The molecule has 1 saturated carbocycles. The maximum atomic E-state index is 12.0.